The third kappa shape index (κ3) is 3.30. The summed E-state index contributed by atoms with van der Waals surface area (Å²) in [6.45, 7) is 5.14. The predicted molar refractivity (Wildman–Crippen MR) is 83.2 cm³/mol. The summed E-state index contributed by atoms with van der Waals surface area (Å²) in [6.07, 6.45) is 1.85. The third-order valence-electron chi connectivity index (χ3n) is 3.64. The van der Waals surface area contributed by atoms with Crippen molar-refractivity contribution in [2.45, 2.75) is 6.54 Å². The Kier molecular flexibility index (Phi) is 4.19. The Morgan fingerprint density at radius 1 is 1.00 bits per heavy atom. The van der Waals surface area contributed by atoms with Gasteiger partial charge in [0.25, 0.3) is 0 Å². The molecule has 1 saturated heterocycles. The highest BCUT2D eigenvalue weighted by molar-refractivity contribution is 6.30. The molecule has 2 aromatic rings. The van der Waals surface area contributed by atoms with Gasteiger partial charge in [0.2, 0.25) is 0 Å². The molecule has 0 N–H and O–H groups in total. The summed E-state index contributed by atoms with van der Waals surface area (Å²) >= 11 is 6.03. The SMILES string of the molecule is Clc1cccc(CN2CCN(c3ccccn3)CC2)c1. The molecule has 1 aliphatic heterocycles. The van der Waals surface area contributed by atoms with Crippen LogP contribution in [0, 0.1) is 0 Å². The first-order chi connectivity index (χ1) is 9.81. The van der Waals surface area contributed by atoms with Crippen molar-refractivity contribution in [1.29, 1.82) is 0 Å². The van der Waals surface area contributed by atoms with Gasteiger partial charge in [-0.05, 0) is 29.8 Å². The van der Waals surface area contributed by atoms with Crippen molar-refractivity contribution in [3.63, 3.8) is 0 Å². The molecule has 3 rings (SSSR count). The van der Waals surface area contributed by atoms with Crippen LogP contribution in [0.1, 0.15) is 5.56 Å². The Bertz CT molecular complexity index is 551. The standard InChI is InChI=1S/C16H18ClN3/c17-15-5-3-4-14(12-15)13-19-8-10-20(11-9-19)16-6-1-2-7-18-16/h1-7,12H,8-11,13H2. The number of piperazine rings is 1. The van der Waals surface area contributed by atoms with Crippen LogP contribution in [0.15, 0.2) is 48.7 Å². The second-order valence-electron chi connectivity index (χ2n) is 5.08. The molecule has 1 aliphatic rings. The van der Waals surface area contributed by atoms with E-state index >= 15 is 0 Å². The highest BCUT2D eigenvalue weighted by Gasteiger charge is 2.17. The zero-order valence-corrected chi connectivity index (χ0v) is 12.1. The lowest BCUT2D eigenvalue weighted by Crippen LogP contribution is -2.46. The summed E-state index contributed by atoms with van der Waals surface area (Å²) in [5, 5.41) is 0.814. The van der Waals surface area contributed by atoms with Gasteiger partial charge in [0.15, 0.2) is 0 Å². The smallest absolute Gasteiger partial charge is 0.128 e. The Balaban J connectivity index is 1.56. The normalized spacial score (nSPS) is 16.4. The molecular formula is C16H18ClN3. The zero-order valence-electron chi connectivity index (χ0n) is 11.4. The van der Waals surface area contributed by atoms with E-state index in [-0.39, 0.29) is 0 Å². The van der Waals surface area contributed by atoms with Gasteiger partial charge in [0.05, 0.1) is 0 Å². The minimum Gasteiger partial charge on any atom is -0.354 e. The van der Waals surface area contributed by atoms with Crippen molar-refractivity contribution in [2.75, 3.05) is 31.1 Å². The molecule has 0 spiro atoms. The van der Waals surface area contributed by atoms with Crippen molar-refractivity contribution in [2.24, 2.45) is 0 Å². The Hall–Kier alpha value is -1.58. The van der Waals surface area contributed by atoms with Crippen LogP contribution in [0.2, 0.25) is 5.02 Å². The minimum absolute atomic E-state index is 0.814. The van der Waals surface area contributed by atoms with E-state index in [9.17, 15) is 0 Å². The molecular weight excluding hydrogens is 270 g/mol. The molecule has 2 heterocycles. The second kappa shape index (κ2) is 6.25. The molecule has 4 heteroatoms. The molecule has 1 aromatic carbocycles. The lowest BCUT2D eigenvalue weighted by molar-refractivity contribution is 0.249. The summed E-state index contributed by atoms with van der Waals surface area (Å²) in [6, 6.07) is 14.2. The van der Waals surface area contributed by atoms with Crippen molar-refractivity contribution < 1.29 is 0 Å². The maximum absolute atomic E-state index is 6.03. The minimum atomic E-state index is 0.814. The van der Waals surface area contributed by atoms with Gasteiger partial charge in [0.1, 0.15) is 5.82 Å². The monoisotopic (exact) mass is 287 g/mol. The summed E-state index contributed by atoms with van der Waals surface area (Å²) in [7, 11) is 0. The molecule has 0 atom stereocenters. The van der Waals surface area contributed by atoms with Crippen LogP contribution in [0.3, 0.4) is 0 Å². The Morgan fingerprint density at radius 3 is 2.55 bits per heavy atom. The first-order valence-electron chi connectivity index (χ1n) is 6.94. The fraction of sp³-hybridized carbons (Fsp3) is 0.312. The van der Waals surface area contributed by atoms with Crippen LogP contribution in [0.5, 0.6) is 0 Å². The molecule has 0 aliphatic carbocycles. The van der Waals surface area contributed by atoms with Crippen molar-refractivity contribution in [3.8, 4) is 0 Å². The average Bonchev–Trinajstić information content (AvgIpc) is 2.49. The Labute approximate surface area is 124 Å². The van der Waals surface area contributed by atoms with Gasteiger partial charge >= 0.3 is 0 Å². The van der Waals surface area contributed by atoms with E-state index in [1.807, 2.05) is 36.5 Å². The van der Waals surface area contributed by atoms with E-state index < -0.39 is 0 Å². The number of halogens is 1. The maximum Gasteiger partial charge on any atom is 0.128 e. The second-order valence-corrected chi connectivity index (χ2v) is 5.52. The number of benzene rings is 1. The molecule has 1 fully saturated rings. The summed E-state index contributed by atoms with van der Waals surface area (Å²) < 4.78 is 0. The predicted octanol–water partition coefficient (Wildman–Crippen LogP) is 3.06. The molecule has 20 heavy (non-hydrogen) atoms. The fourth-order valence-electron chi connectivity index (χ4n) is 2.57. The van der Waals surface area contributed by atoms with E-state index in [0.29, 0.717) is 0 Å². The fourth-order valence-corrected chi connectivity index (χ4v) is 2.78. The summed E-state index contributed by atoms with van der Waals surface area (Å²) in [4.78, 5) is 9.22. The van der Waals surface area contributed by atoms with Crippen molar-refractivity contribution in [1.82, 2.24) is 9.88 Å². The lowest BCUT2D eigenvalue weighted by Gasteiger charge is -2.35. The van der Waals surface area contributed by atoms with Crippen molar-refractivity contribution >= 4 is 17.4 Å². The Morgan fingerprint density at radius 2 is 1.85 bits per heavy atom. The molecule has 1 aromatic heterocycles. The van der Waals surface area contributed by atoms with Crippen LogP contribution >= 0.6 is 11.6 Å². The van der Waals surface area contributed by atoms with E-state index in [4.69, 9.17) is 11.6 Å². The van der Waals surface area contributed by atoms with Gasteiger partial charge < -0.3 is 4.90 Å². The zero-order chi connectivity index (χ0) is 13.8. The van der Waals surface area contributed by atoms with Gasteiger partial charge in [-0.15, -0.1) is 0 Å². The highest BCUT2D eigenvalue weighted by Crippen LogP contribution is 2.16. The van der Waals surface area contributed by atoms with Crippen LogP contribution in [0.4, 0.5) is 5.82 Å². The van der Waals surface area contributed by atoms with Gasteiger partial charge in [-0.2, -0.15) is 0 Å². The molecule has 0 radical (unpaired) electrons. The van der Waals surface area contributed by atoms with Crippen molar-refractivity contribution in [3.05, 3.63) is 59.2 Å². The number of aromatic nitrogens is 1. The van der Waals surface area contributed by atoms with Gasteiger partial charge in [-0.3, -0.25) is 4.90 Å². The van der Waals surface area contributed by atoms with Gasteiger partial charge in [-0.1, -0.05) is 29.8 Å². The molecule has 0 saturated carbocycles. The number of hydrogen-bond donors (Lipinski definition) is 0. The van der Waals surface area contributed by atoms with Crippen LogP contribution in [-0.4, -0.2) is 36.1 Å². The largest absolute Gasteiger partial charge is 0.354 e. The average molecular weight is 288 g/mol. The summed E-state index contributed by atoms with van der Waals surface area (Å²) in [5.41, 5.74) is 1.28. The number of rotatable bonds is 3. The van der Waals surface area contributed by atoms with E-state index in [0.717, 1.165) is 43.6 Å². The van der Waals surface area contributed by atoms with Crippen LogP contribution < -0.4 is 4.90 Å². The van der Waals surface area contributed by atoms with Crippen LogP contribution in [0.25, 0.3) is 0 Å². The molecule has 0 bridgehead atoms. The molecule has 0 amide bonds. The number of nitrogens with zero attached hydrogens (tertiary/aromatic N) is 3. The highest BCUT2D eigenvalue weighted by atomic mass is 35.5. The lowest BCUT2D eigenvalue weighted by atomic mass is 10.2. The quantitative estimate of drug-likeness (QED) is 0.865. The van der Waals surface area contributed by atoms with E-state index in [1.54, 1.807) is 0 Å². The van der Waals surface area contributed by atoms with Crippen LogP contribution in [-0.2, 0) is 6.54 Å². The molecule has 3 nitrogen and oxygen atoms in total. The number of anilines is 1. The first kappa shape index (κ1) is 13.4. The van der Waals surface area contributed by atoms with E-state index in [2.05, 4.69) is 26.9 Å². The third-order valence-corrected chi connectivity index (χ3v) is 3.88. The number of hydrogen-bond acceptors (Lipinski definition) is 3. The summed E-state index contributed by atoms with van der Waals surface area (Å²) in [5.74, 6) is 1.08. The number of pyridine rings is 1. The maximum atomic E-state index is 6.03. The first-order valence-corrected chi connectivity index (χ1v) is 7.32. The molecule has 0 unspecified atom stereocenters. The van der Waals surface area contributed by atoms with Gasteiger partial charge in [0, 0.05) is 43.9 Å². The topological polar surface area (TPSA) is 19.4 Å². The van der Waals surface area contributed by atoms with E-state index in [1.165, 1.54) is 5.56 Å². The van der Waals surface area contributed by atoms with Gasteiger partial charge in [-0.25, -0.2) is 4.98 Å². The molecule has 104 valence electrons.